The van der Waals surface area contributed by atoms with Crippen LogP contribution in [0.4, 0.5) is 0 Å². The molecule has 1 aliphatic heterocycles. The van der Waals surface area contributed by atoms with Gasteiger partial charge in [-0.15, -0.1) is 24.0 Å². The van der Waals surface area contributed by atoms with E-state index in [9.17, 15) is 0 Å². The number of nitrogens with one attached hydrogen (secondary N) is 1. The monoisotopic (exact) mass is 388 g/mol. The highest BCUT2D eigenvalue weighted by atomic mass is 127. The van der Waals surface area contributed by atoms with Crippen molar-refractivity contribution in [2.75, 3.05) is 19.6 Å². The van der Waals surface area contributed by atoms with Crippen molar-refractivity contribution in [1.82, 2.24) is 10.2 Å². The summed E-state index contributed by atoms with van der Waals surface area (Å²) in [5.74, 6) is 0.564. The van der Waals surface area contributed by atoms with Crippen LogP contribution in [-0.2, 0) is 6.54 Å². The first kappa shape index (κ1) is 17.2. The van der Waals surface area contributed by atoms with Crippen LogP contribution in [0.5, 0.6) is 0 Å². The topological polar surface area (TPSA) is 53.6 Å². The molecule has 1 heterocycles. The van der Waals surface area contributed by atoms with Crippen molar-refractivity contribution in [3.8, 4) is 0 Å². The second-order valence-electron chi connectivity index (χ2n) is 5.01. The van der Waals surface area contributed by atoms with Crippen LogP contribution in [0, 0.1) is 0 Å². The van der Waals surface area contributed by atoms with E-state index >= 15 is 0 Å². The van der Waals surface area contributed by atoms with Crippen molar-refractivity contribution in [2.24, 2.45) is 10.7 Å². The van der Waals surface area contributed by atoms with Gasteiger partial charge in [0, 0.05) is 19.1 Å². The molecule has 0 saturated carbocycles. The molecule has 1 aliphatic rings. The zero-order valence-corrected chi connectivity index (χ0v) is 14.4. The maximum absolute atomic E-state index is 5.78. The number of nitrogens with two attached hydrogens (primary N) is 1. The van der Waals surface area contributed by atoms with E-state index in [4.69, 9.17) is 5.73 Å². The van der Waals surface area contributed by atoms with Gasteiger partial charge < -0.3 is 11.1 Å². The summed E-state index contributed by atoms with van der Waals surface area (Å²) in [5, 5.41) is 3.04. The molecule has 20 heavy (non-hydrogen) atoms. The second-order valence-corrected chi connectivity index (χ2v) is 5.01. The molecule has 0 amide bonds. The van der Waals surface area contributed by atoms with Gasteiger partial charge in [-0.3, -0.25) is 9.89 Å². The second kappa shape index (κ2) is 9.18. The molecule has 0 aromatic heterocycles. The van der Waals surface area contributed by atoms with Crippen molar-refractivity contribution in [3.05, 3.63) is 35.9 Å². The van der Waals surface area contributed by atoms with E-state index in [0.29, 0.717) is 12.0 Å². The lowest BCUT2D eigenvalue weighted by Gasteiger charge is -2.23. The van der Waals surface area contributed by atoms with E-state index in [1.165, 1.54) is 18.4 Å². The highest BCUT2D eigenvalue weighted by Gasteiger charge is 2.23. The lowest BCUT2D eigenvalue weighted by atomic mass is 10.2. The molecular formula is C15H25IN4. The van der Waals surface area contributed by atoms with E-state index in [-0.39, 0.29) is 24.0 Å². The molecule has 0 radical (unpaired) electrons. The van der Waals surface area contributed by atoms with Crippen LogP contribution >= 0.6 is 24.0 Å². The number of nitrogens with zero attached hydrogens (tertiary/aromatic N) is 2. The lowest BCUT2D eigenvalue weighted by molar-refractivity contribution is 0.250. The number of likely N-dealkylation sites (tertiary alicyclic amines) is 1. The lowest BCUT2D eigenvalue weighted by Crippen LogP contribution is -2.35. The van der Waals surface area contributed by atoms with E-state index in [1.807, 2.05) is 6.92 Å². The molecule has 1 aromatic rings. The molecule has 0 spiro atoms. The van der Waals surface area contributed by atoms with Crippen LogP contribution in [0.1, 0.15) is 25.3 Å². The number of rotatable bonds is 5. The van der Waals surface area contributed by atoms with Crippen molar-refractivity contribution in [1.29, 1.82) is 0 Å². The molecule has 1 unspecified atom stereocenters. The number of benzene rings is 1. The van der Waals surface area contributed by atoms with Crippen molar-refractivity contribution in [3.63, 3.8) is 0 Å². The molecule has 1 fully saturated rings. The average Bonchev–Trinajstić information content (AvgIpc) is 2.85. The van der Waals surface area contributed by atoms with Gasteiger partial charge in [-0.1, -0.05) is 30.3 Å². The molecule has 5 heteroatoms. The Morgan fingerprint density at radius 1 is 1.40 bits per heavy atom. The predicted molar refractivity (Wildman–Crippen MR) is 95.5 cm³/mol. The maximum atomic E-state index is 5.78. The number of hydrogen-bond acceptors (Lipinski definition) is 2. The van der Waals surface area contributed by atoms with Gasteiger partial charge >= 0.3 is 0 Å². The van der Waals surface area contributed by atoms with Gasteiger partial charge in [0.2, 0.25) is 0 Å². The molecule has 2 rings (SSSR count). The Labute approximate surface area is 138 Å². The third-order valence-corrected chi connectivity index (χ3v) is 3.56. The van der Waals surface area contributed by atoms with Gasteiger partial charge in [0.1, 0.15) is 0 Å². The molecular weight excluding hydrogens is 363 g/mol. The molecule has 1 saturated heterocycles. The van der Waals surface area contributed by atoms with E-state index in [1.54, 1.807) is 0 Å². The minimum absolute atomic E-state index is 0. The molecule has 0 bridgehead atoms. The summed E-state index contributed by atoms with van der Waals surface area (Å²) in [5.41, 5.74) is 7.15. The van der Waals surface area contributed by atoms with Gasteiger partial charge in [-0.2, -0.15) is 0 Å². The standard InChI is InChI=1S/C15H24N4.HI/c1-2-17-15(16)18-11-14-9-6-10-19(14)12-13-7-4-3-5-8-13;/h3-5,7-8,14H,2,6,9-12H2,1H3,(H3,16,17,18);1H. The predicted octanol–water partition coefficient (Wildman–Crippen LogP) is 2.19. The first-order valence-electron chi connectivity index (χ1n) is 7.11. The first-order chi connectivity index (χ1) is 9.29. The SMILES string of the molecule is CCNC(N)=NCC1CCCN1Cc1ccccc1.I. The number of guanidine groups is 1. The Morgan fingerprint density at radius 2 is 2.15 bits per heavy atom. The Bertz CT molecular complexity index is 408. The summed E-state index contributed by atoms with van der Waals surface area (Å²) in [6.45, 7) is 5.83. The normalized spacial score (nSPS) is 19.6. The van der Waals surface area contributed by atoms with Gasteiger partial charge in [-0.25, -0.2) is 0 Å². The number of aliphatic imine (C=N–C) groups is 1. The minimum Gasteiger partial charge on any atom is -0.370 e. The van der Waals surface area contributed by atoms with E-state index in [0.717, 1.165) is 26.2 Å². The third-order valence-electron chi connectivity index (χ3n) is 3.56. The Morgan fingerprint density at radius 3 is 2.85 bits per heavy atom. The Hall–Kier alpha value is -0.820. The van der Waals surface area contributed by atoms with Crippen LogP contribution in [0.3, 0.4) is 0 Å². The van der Waals surface area contributed by atoms with E-state index < -0.39 is 0 Å². The van der Waals surface area contributed by atoms with Crippen LogP contribution in [0.2, 0.25) is 0 Å². The Kier molecular flexibility index (Phi) is 7.91. The summed E-state index contributed by atoms with van der Waals surface area (Å²) in [7, 11) is 0. The molecule has 1 aromatic carbocycles. The third kappa shape index (κ3) is 5.28. The summed E-state index contributed by atoms with van der Waals surface area (Å²) in [6.07, 6.45) is 2.48. The summed E-state index contributed by atoms with van der Waals surface area (Å²) >= 11 is 0. The minimum atomic E-state index is 0. The average molecular weight is 388 g/mol. The van der Waals surface area contributed by atoms with Gasteiger partial charge in [0.15, 0.2) is 5.96 Å². The van der Waals surface area contributed by atoms with Gasteiger partial charge in [0.05, 0.1) is 6.54 Å². The van der Waals surface area contributed by atoms with Crippen molar-refractivity contribution >= 4 is 29.9 Å². The van der Waals surface area contributed by atoms with Crippen LogP contribution < -0.4 is 11.1 Å². The highest BCUT2D eigenvalue weighted by molar-refractivity contribution is 14.0. The van der Waals surface area contributed by atoms with Gasteiger partial charge in [-0.05, 0) is 31.9 Å². The highest BCUT2D eigenvalue weighted by Crippen LogP contribution is 2.20. The largest absolute Gasteiger partial charge is 0.370 e. The fourth-order valence-electron chi connectivity index (χ4n) is 2.57. The smallest absolute Gasteiger partial charge is 0.188 e. The maximum Gasteiger partial charge on any atom is 0.188 e. The summed E-state index contributed by atoms with van der Waals surface area (Å²) in [4.78, 5) is 6.94. The fraction of sp³-hybridized carbons (Fsp3) is 0.533. The quantitative estimate of drug-likeness (QED) is 0.462. The van der Waals surface area contributed by atoms with Crippen LogP contribution in [0.15, 0.2) is 35.3 Å². The van der Waals surface area contributed by atoms with Crippen LogP contribution in [0.25, 0.3) is 0 Å². The molecule has 0 aliphatic carbocycles. The zero-order chi connectivity index (χ0) is 13.5. The first-order valence-corrected chi connectivity index (χ1v) is 7.11. The van der Waals surface area contributed by atoms with Crippen molar-refractivity contribution < 1.29 is 0 Å². The van der Waals surface area contributed by atoms with Gasteiger partial charge in [0.25, 0.3) is 0 Å². The summed E-state index contributed by atoms with van der Waals surface area (Å²) in [6, 6.07) is 11.2. The number of halogens is 1. The Balaban J connectivity index is 0.00000200. The molecule has 3 N–H and O–H groups in total. The molecule has 112 valence electrons. The fourth-order valence-corrected chi connectivity index (χ4v) is 2.57. The zero-order valence-electron chi connectivity index (χ0n) is 12.1. The van der Waals surface area contributed by atoms with E-state index in [2.05, 4.69) is 45.5 Å². The molecule has 1 atom stereocenters. The molecule has 4 nitrogen and oxygen atoms in total. The number of hydrogen-bond donors (Lipinski definition) is 2. The summed E-state index contributed by atoms with van der Waals surface area (Å²) < 4.78 is 0. The van der Waals surface area contributed by atoms with Crippen molar-refractivity contribution in [2.45, 2.75) is 32.4 Å². The van der Waals surface area contributed by atoms with Crippen LogP contribution in [-0.4, -0.2) is 36.5 Å².